The summed E-state index contributed by atoms with van der Waals surface area (Å²) in [6.07, 6.45) is 1.88. The zero-order valence-electron chi connectivity index (χ0n) is 10.3. The van der Waals surface area contributed by atoms with Gasteiger partial charge in [-0.2, -0.15) is 5.26 Å². The lowest BCUT2D eigenvalue weighted by atomic mass is 10.0. The average molecular weight is 231 g/mol. The van der Waals surface area contributed by atoms with Crippen LogP contribution in [-0.2, 0) is 9.53 Å². The highest BCUT2D eigenvalue weighted by atomic mass is 16.5. The van der Waals surface area contributed by atoms with Gasteiger partial charge in [-0.1, -0.05) is 31.5 Å². The second-order valence-electron chi connectivity index (χ2n) is 3.93. The summed E-state index contributed by atoms with van der Waals surface area (Å²) in [5.74, 6) is -0.202. The molecule has 90 valence electrons. The van der Waals surface area contributed by atoms with Crippen molar-refractivity contribution in [3.8, 4) is 6.07 Å². The Morgan fingerprint density at radius 1 is 1.47 bits per heavy atom. The van der Waals surface area contributed by atoms with Crippen LogP contribution in [0.2, 0.25) is 0 Å². The molecule has 1 aromatic rings. The van der Waals surface area contributed by atoms with Crippen LogP contribution in [0.5, 0.6) is 0 Å². The molecule has 0 aliphatic rings. The van der Waals surface area contributed by atoms with Crippen molar-refractivity contribution < 1.29 is 9.53 Å². The third kappa shape index (κ3) is 3.92. The summed E-state index contributed by atoms with van der Waals surface area (Å²) >= 11 is 0. The zero-order valence-corrected chi connectivity index (χ0v) is 10.3. The van der Waals surface area contributed by atoms with Crippen LogP contribution in [-0.4, -0.2) is 5.97 Å². The van der Waals surface area contributed by atoms with E-state index in [0.29, 0.717) is 12.0 Å². The smallest absolute Gasteiger partial charge is 0.306 e. The van der Waals surface area contributed by atoms with Gasteiger partial charge in [0.1, 0.15) is 6.10 Å². The van der Waals surface area contributed by atoms with Crippen LogP contribution >= 0.6 is 0 Å². The highest BCUT2D eigenvalue weighted by Crippen LogP contribution is 2.21. The molecule has 0 fully saturated rings. The van der Waals surface area contributed by atoms with Gasteiger partial charge in [-0.3, -0.25) is 4.79 Å². The van der Waals surface area contributed by atoms with Gasteiger partial charge in [0.05, 0.1) is 11.6 Å². The number of nitrogens with zero attached hydrogens (tertiary/aromatic N) is 1. The van der Waals surface area contributed by atoms with E-state index in [1.165, 1.54) is 0 Å². The van der Waals surface area contributed by atoms with Gasteiger partial charge in [0.2, 0.25) is 0 Å². The van der Waals surface area contributed by atoms with Gasteiger partial charge in [0, 0.05) is 12.0 Å². The summed E-state index contributed by atoms with van der Waals surface area (Å²) in [5, 5.41) is 8.95. The minimum atomic E-state index is -0.366. The fourth-order valence-electron chi connectivity index (χ4n) is 1.59. The molecule has 3 nitrogen and oxygen atoms in total. The quantitative estimate of drug-likeness (QED) is 0.730. The van der Waals surface area contributed by atoms with E-state index < -0.39 is 0 Å². The number of ether oxygens (including phenoxy) is 1. The highest BCUT2D eigenvalue weighted by Gasteiger charge is 2.14. The average Bonchev–Trinajstić information content (AvgIpc) is 2.36. The molecule has 0 heterocycles. The molecule has 0 aliphatic heterocycles. The van der Waals surface area contributed by atoms with Crippen molar-refractivity contribution in [2.24, 2.45) is 0 Å². The molecular formula is C14H17NO2. The van der Waals surface area contributed by atoms with Crippen molar-refractivity contribution >= 4 is 5.97 Å². The fraction of sp³-hybridized carbons (Fsp3) is 0.429. The van der Waals surface area contributed by atoms with Gasteiger partial charge in [-0.25, -0.2) is 0 Å². The molecule has 0 saturated carbocycles. The summed E-state index contributed by atoms with van der Waals surface area (Å²) in [7, 11) is 0. The Labute approximate surface area is 102 Å². The number of benzene rings is 1. The number of unbranched alkanes of at least 4 members (excludes halogenated alkanes) is 1. The Morgan fingerprint density at radius 2 is 2.18 bits per heavy atom. The monoisotopic (exact) mass is 231 g/mol. The van der Waals surface area contributed by atoms with Gasteiger partial charge in [0.15, 0.2) is 0 Å². The van der Waals surface area contributed by atoms with E-state index >= 15 is 0 Å². The fourth-order valence-corrected chi connectivity index (χ4v) is 1.59. The van der Waals surface area contributed by atoms with Gasteiger partial charge < -0.3 is 4.74 Å². The predicted molar refractivity (Wildman–Crippen MR) is 65.2 cm³/mol. The number of carbonyl (C=O) groups is 1. The summed E-state index contributed by atoms with van der Waals surface area (Å²) < 4.78 is 5.29. The molecule has 3 heteroatoms. The summed E-state index contributed by atoms with van der Waals surface area (Å²) in [4.78, 5) is 11.5. The second kappa shape index (κ2) is 6.70. The molecule has 0 bridgehead atoms. The number of esters is 1. The van der Waals surface area contributed by atoms with E-state index in [9.17, 15) is 4.79 Å². The Kier molecular flexibility index (Phi) is 5.22. The van der Waals surface area contributed by atoms with E-state index in [-0.39, 0.29) is 12.1 Å². The van der Waals surface area contributed by atoms with E-state index in [1.807, 2.05) is 19.1 Å². The van der Waals surface area contributed by atoms with Crippen molar-refractivity contribution in [2.45, 2.75) is 39.2 Å². The Hall–Kier alpha value is -1.82. The predicted octanol–water partition coefficient (Wildman–Crippen LogP) is 3.35. The van der Waals surface area contributed by atoms with Gasteiger partial charge in [-0.05, 0) is 19.4 Å². The van der Waals surface area contributed by atoms with Crippen molar-refractivity contribution in [3.63, 3.8) is 0 Å². The van der Waals surface area contributed by atoms with Crippen LogP contribution in [0.25, 0.3) is 0 Å². The summed E-state index contributed by atoms with van der Waals surface area (Å²) in [6.45, 7) is 3.82. The van der Waals surface area contributed by atoms with Crippen LogP contribution in [0.1, 0.15) is 50.3 Å². The standard InChI is InChI=1S/C14H17NO2/c1-3-4-9-14(16)17-11(2)13-8-6-5-7-12(13)10-15/h5-8,11H,3-4,9H2,1-2H3. The molecule has 17 heavy (non-hydrogen) atoms. The largest absolute Gasteiger partial charge is 0.458 e. The highest BCUT2D eigenvalue weighted by molar-refractivity contribution is 5.69. The van der Waals surface area contributed by atoms with Crippen LogP contribution in [0.4, 0.5) is 0 Å². The van der Waals surface area contributed by atoms with Crippen molar-refractivity contribution in [3.05, 3.63) is 35.4 Å². The topological polar surface area (TPSA) is 50.1 Å². The molecule has 1 unspecified atom stereocenters. The molecule has 0 spiro atoms. The maximum Gasteiger partial charge on any atom is 0.306 e. The first-order valence-corrected chi connectivity index (χ1v) is 5.87. The van der Waals surface area contributed by atoms with Gasteiger partial charge >= 0.3 is 5.97 Å². The molecule has 0 amide bonds. The van der Waals surface area contributed by atoms with Crippen LogP contribution in [0, 0.1) is 11.3 Å². The molecule has 0 saturated heterocycles. The zero-order chi connectivity index (χ0) is 12.7. The number of carbonyl (C=O) groups excluding carboxylic acids is 1. The number of hydrogen-bond donors (Lipinski definition) is 0. The maximum absolute atomic E-state index is 11.5. The summed E-state index contributed by atoms with van der Waals surface area (Å²) in [5.41, 5.74) is 1.32. The molecule has 0 N–H and O–H groups in total. The van der Waals surface area contributed by atoms with Crippen LogP contribution < -0.4 is 0 Å². The first-order chi connectivity index (χ1) is 8.19. The lowest BCUT2D eigenvalue weighted by molar-refractivity contribution is -0.148. The van der Waals surface area contributed by atoms with E-state index in [1.54, 1.807) is 19.1 Å². The van der Waals surface area contributed by atoms with Crippen LogP contribution in [0.3, 0.4) is 0 Å². The molecule has 1 atom stereocenters. The second-order valence-corrected chi connectivity index (χ2v) is 3.93. The summed E-state index contributed by atoms with van der Waals surface area (Å²) in [6, 6.07) is 9.28. The SMILES string of the molecule is CCCCC(=O)OC(C)c1ccccc1C#N. The lowest BCUT2D eigenvalue weighted by Crippen LogP contribution is -2.09. The number of rotatable bonds is 5. The van der Waals surface area contributed by atoms with Crippen molar-refractivity contribution in [1.82, 2.24) is 0 Å². The molecule has 0 radical (unpaired) electrons. The van der Waals surface area contributed by atoms with E-state index in [0.717, 1.165) is 18.4 Å². The van der Waals surface area contributed by atoms with Gasteiger partial charge in [-0.15, -0.1) is 0 Å². The minimum Gasteiger partial charge on any atom is -0.458 e. The van der Waals surface area contributed by atoms with Crippen molar-refractivity contribution in [1.29, 1.82) is 5.26 Å². The molecule has 1 aromatic carbocycles. The third-order valence-electron chi connectivity index (χ3n) is 2.56. The Balaban J connectivity index is 2.67. The maximum atomic E-state index is 11.5. The molecule has 0 aliphatic carbocycles. The minimum absolute atomic E-state index is 0.202. The normalized spacial score (nSPS) is 11.6. The van der Waals surface area contributed by atoms with Crippen LogP contribution in [0.15, 0.2) is 24.3 Å². The molecular weight excluding hydrogens is 214 g/mol. The number of nitriles is 1. The number of hydrogen-bond acceptors (Lipinski definition) is 3. The van der Waals surface area contributed by atoms with E-state index in [4.69, 9.17) is 10.00 Å². The Bertz CT molecular complexity index is 420. The van der Waals surface area contributed by atoms with Crippen molar-refractivity contribution in [2.75, 3.05) is 0 Å². The lowest BCUT2D eigenvalue weighted by Gasteiger charge is -2.14. The molecule has 1 rings (SSSR count). The first-order valence-electron chi connectivity index (χ1n) is 5.87. The first kappa shape index (κ1) is 13.2. The Morgan fingerprint density at radius 3 is 2.82 bits per heavy atom. The third-order valence-corrected chi connectivity index (χ3v) is 2.56. The van der Waals surface area contributed by atoms with Gasteiger partial charge in [0.25, 0.3) is 0 Å². The molecule has 0 aromatic heterocycles. The van der Waals surface area contributed by atoms with E-state index in [2.05, 4.69) is 6.07 Å².